The van der Waals surface area contributed by atoms with Crippen molar-refractivity contribution in [3.05, 3.63) is 93.4 Å². The summed E-state index contributed by atoms with van der Waals surface area (Å²) in [5.74, 6) is 0.496. The Hall–Kier alpha value is -3.74. The van der Waals surface area contributed by atoms with Gasteiger partial charge in [-0.25, -0.2) is 9.69 Å². The summed E-state index contributed by atoms with van der Waals surface area (Å²) in [5.41, 5.74) is 4.49. The highest BCUT2D eigenvalue weighted by atomic mass is 16.5. The summed E-state index contributed by atoms with van der Waals surface area (Å²) in [6.07, 6.45) is 4.45. The third-order valence-electron chi connectivity index (χ3n) is 6.33. The molecule has 1 amide bonds. The molecule has 2 aromatic carbocycles. The van der Waals surface area contributed by atoms with E-state index in [4.69, 9.17) is 9.84 Å². The zero-order chi connectivity index (χ0) is 22.8. The molecule has 1 aliphatic carbocycles. The maximum atomic E-state index is 13.4. The highest BCUT2D eigenvalue weighted by Crippen LogP contribution is 2.33. The van der Waals surface area contributed by atoms with Gasteiger partial charge in [-0.05, 0) is 54.5 Å². The second-order valence-electron chi connectivity index (χ2n) is 8.46. The summed E-state index contributed by atoms with van der Waals surface area (Å²) in [5, 5.41) is 10.7. The second kappa shape index (κ2) is 9.02. The monoisotopic (exact) mass is 442 g/mol. The van der Waals surface area contributed by atoms with Gasteiger partial charge < -0.3 is 4.74 Å². The Bertz CT molecular complexity index is 1250. The van der Waals surface area contributed by atoms with E-state index in [-0.39, 0.29) is 24.1 Å². The topological polar surface area (TPSA) is 76.8 Å². The van der Waals surface area contributed by atoms with Crippen LogP contribution in [0.2, 0.25) is 0 Å². The number of amides is 1. The van der Waals surface area contributed by atoms with Crippen LogP contribution in [0.25, 0.3) is 0 Å². The number of rotatable bonds is 5. The van der Waals surface area contributed by atoms with Crippen LogP contribution in [-0.4, -0.2) is 33.5 Å². The van der Waals surface area contributed by atoms with Gasteiger partial charge in [-0.1, -0.05) is 42.5 Å². The molecule has 0 radical (unpaired) electrons. The van der Waals surface area contributed by atoms with Crippen molar-refractivity contribution in [2.75, 3.05) is 7.11 Å². The van der Waals surface area contributed by atoms with Crippen LogP contribution in [0.1, 0.15) is 47.7 Å². The number of carbonyl (C=O) groups is 1. The number of benzene rings is 2. The fourth-order valence-electron chi connectivity index (χ4n) is 4.55. The number of hydrogen-bond acceptors (Lipinski definition) is 5. The molecule has 7 heteroatoms. The Balaban J connectivity index is 1.46. The lowest BCUT2D eigenvalue weighted by Gasteiger charge is -2.23. The van der Waals surface area contributed by atoms with Crippen LogP contribution >= 0.6 is 0 Å². The van der Waals surface area contributed by atoms with E-state index >= 15 is 0 Å². The molecule has 7 nitrogen and oxygen atoms in total. The van der Waals surface area contributed by atoms with Crippen LogP contribution in [0.15, 0.2) is 70.6 Å². The molecule has 2 aliphatic rings. The van der Waals surface area contributed by atoms with Crippen LogP contribution < -0.4 is 10.3 Å². The van der Waals surface area contributed by atoms with Gasteiger partial charge in [0.15, 0.2) is 0 Å². The highest BCUT2D eigenvalue weighted by molar-refractivity contribution is 6.03. The molecule has 0 spiro atoms. The number of aryl methyl sites for hydroxylation is 2. The molecule has 0 bridgehead atoms. The average molecular weight is 443 g/mol. The van der Waals surface area contributed by atoms with Crippen molar-refractivity contribution in [2.45, 2.75) is 44.7 Å². The normalized spacial score (nSPS) is 17.4. The van der Waals surface area contributed by atoms with Crippen molar-refractivity contribution in [1.82, 2.24) is 14.8 Å². The zero-order valence-corrected chi connectivity index (χ0v) is 18.6. The number of carbonyl (C=O) groups excluding carboxylic acids is 1. The minimum Gasteiger partial charge on any atom is -0.497 e. The first-order chi connectivity index (χ1) is 16.1. The quantitative estimate of drug-likeness (QED) is 0.606. The molecular formula is C26H26N4O3. The molecule has 0 fully saturated rings. The molecule has 168 valence electrons. The summed E-state index contributed by atoms with van der Waals surface area (Å²) in [6, 6.07) is 18.9. The molecule has 33 heavy (non-hydrogen) atoms. The molecular weight excluding hydrogens is 416 g/mol. The number of hydrogen-bond donors (Lipinski definition) is 0. The molecule has 2 heterocycles. The van der Waals surface area contributed by atoms with Crippen LogP contribution in [-0.2, 0) is 24.2 Å². The zero-order valence-electron chi connectivity index (χ0n) is 18.6. The second-order valence-corrected chi connectivity index (χ2v) is 8.46. The van der Waals surface area contributed by atoms with E-state index < -0.39 is 0 Å². The van der Waals surface area contributed by atoms with E-state index in [1.807, 2.05) is 54.6 Å². The number of hydrazone groups is 1. The summed E-state index contributed by atoms with van der Waals surface area (Å²) in [7, 11) is 1.63. The van der Waals surface area contributed by atoms with Crippen LogP contribution in [0.5, 0.6) is 5.75 Å². The molecule has 1 aliphatic heterocycles. The minimum atomic E-state index is -0.257. The van der Waals surface area contributed by atoms with Gasteiger partial charge in [-0.15, -0.1) is 0 Å². The van der Waals surface area contributed by atoms with Crippen LogP contribution in [0.3, 0.4) is 0 Å². The van der Waals surface area contributed by atoms with Gasteiger partial charge in [0.05, 0.1) is 24.6 Å². The number of ether oxygens (including phenoxy) is 1. The smallest absolute Gasteiger partial charge is 0.267 e. The molecule has 5 rings (SSSR count). The molecule has 1 unspecified atom stereocenters. The van der Waals surface area contributed by atoms with Gasteiger partial charge in [0.25, 0.3) is 11.5 Å². The van der Waals surface area contributed by atoms with Gasteiger partial charge in [-0.3, -0.25) is 9.59 Å². The first kappa shape index (κ1) is 21.1. The molecule has 0 saturated heterocycles. The van der Waals surface area contributed by atoms with E-state index in [0.717, 1.165) is 59.5 Å². The third kappa shape index (κ3) is 4.31. The van der Waals surface area contributed by atoms with Crippen molar-refractivity contribution < 1.29 is 9.53 Å². The van der Waals surface area contributed by atoms with E-state index in [0.29, 0.717) is 6.42 Å². The van der Waals surface area contributed by atoms with Crippen LogP contribution in [0, 0.1) is 0 Å². The molecule has 1 aromatic heterocycles. The van der Waals surface area contributed by atoms with Gasteiger partial charge in [0.1, 0.15) is 12.3 Å². The molecule has 3 aromatic rings. The average Bonchev–Trinajstić information content (AvgIpc) is 3.31. The van der Waals surface area contributed by atoms with Gasteiger partial charge in [0, 0.05) is 12.5 Å². The summed E-state index contributed by atoms with van der Waals surface area (Å²) in [4.78, 5) is 26.0. The lowest BCUT2D eigenvalue weighted by molar-refractivity contribution is -0.133. The SMILES string of the molecule is COc1ccc(C2CC(c3ccccc3)=NN2C(=O)Cn2nc3c(cc2=O)CCCC3)cc1. The van der Waals surface area contributed by atoms with E-state index in [1.54, 1.807) is 13.2 Å². The Morgan fingerprint density at radius 2 is 1.82 bits per heavy atom. The maximum Gasteiger partial charge on any atom is 0.267 e. The molecule has 0 N–H and O–H groups in total. The van der Waals surface area contributed by atoms with E-state index in [1.165, 1.54) is 9.69 Å². The Labute approximate surface area is 192 Å². The summed E-state index contributed by atoms with van der Waals surface area (Å²) < 4.78 is 6.56. The lowest BCUT2D eigenvalue weighted by Crippen LogP contribution is -2.35. The van der Waals surface area contributed by atoms with Crippen molar-refractivity contribution >= 4 is 11.6 Å². The third-order valence-corrected chi connectivity index (χ3v) is 6.33. The van der Waals surface area contributed by atoms with Crippen LogP contribution in [0.4, 0.5) is 0 Å². The van der Waals surface area contributed by atoms with E-state index in [9.17, 15) is 9.59 Å². The first-order valence-corrected chi connectivity index (χ1v) is 11.3. The first-order valence-electron chi connectivity index (χ1n) is 11.3. The van der Waals surface area contributed by atoms with Gasteiger partial charge >= 0.3 is 0 Å². The van der Waals surface area contributed by atoms with Crippen molar-refractivity contribution in [2.24, 2.45) is 5.10 Å². The number of fused-ring (bicyclic) bond motifs is 1. The van der Waals surface area contributed by atoms with E-state index in [2.05, 4.69) is 5.10 Å². The standard InChI is InChI=1S/C26H26N4O3/c1-33-21-13-11-19(12-14-21)24-16-23(18-7-3-2-4-8-18)28-30(24)26(32)17-29-25(31)15-20-9-5-6-10-22(20)27-29/h2-4,7-8,11-15,24H,5-6,9-10,16-17H2,1H3. The minimum absolute atomic E-state index is 0.135. The van der Waals surface area contributed by atoms with Crippen molar-refractivity contribution in [3.8, 4) is 5.75 Å². The van der Waals surface area contributed by atoms with Crippen molar-refractivity contribution in [3.63, 3.8) is 0 Å². The number of nitrogens with zero attached hydrogens (tertiary/aromatic N) is 4. The lowest BCUT2D eigenvalue weighted by atomic mass is 9.97. The van der Waals surface area contributed by atoms with Crippen molar-refractivity contribution in [1.29, 1.82) is 0 Å². The highest BCUT2D eigenvalue weighted by Gasteiger charge is 2.33. The fourth-order valence-corrected chi connectivity index (χ4v) is 4.55. The Morgan fingerprint density at radius 1 is 1.06 bits per heavy atom. The maximum absolute atomic E-state index is 13.4. The largest absolute Gasteiger partial charge is 0.497 e. The molecule has 1 atom stereocenters. The predicted molar refractivity (Wildman–Crippen MR) is 125 cm³/mol. The van der Waals surface area contributed by atoms with Gasteiger partial charge in [0.2, 0.25) is 0 Å². The fraction of sp³-hybridized carbons (Fsp3) is 0.308. The number of methoxy groups -OCH3 is 1. The predicted octanol–water partition coefficient (Wildman–Crippen LogP) is 3.51. The molecule has 0 saturated carbocycles. The number of aromatic nitrogens is 2. The Morgan fingerprint density at radius 3 is 2.58 bits per heavy atom. The summed E-state index contributed by atoms with van der Waals surface area (Å²) in [6.45, 7) is -0.135. The van der Waals surface area contributed by atoms with Gasteiger partial charge in [-0.2, -0.15) is 10.2 Å². The Kier molecular flexibility index (Phi) is 5.77. The summed E-state index contributed by atoms with van der Waals surface area (Å²) >= 11 is 0.